The molecule has 0 spiro atoms. The van der Waals surface area contributed by atoms with Crippen molar-refractivity contribution in [3.63, 3.8) is 0 Å². The fourth-order valence-corrected chi connectivity index (χ4v) is 2.19. The quantitative estimate of drug-likeness (QED) is 0.771. The van der Waals surface area contributed by atoms with Gasteiger partial charge in [-0.2, -0.15) is 5.26 Å². The molecule has 16 heavy (non-hydrogen) atoms. The lowest BCUT2D eigenvalue weighted by molar-refractivity contribution is -0.122. The topological polar surface area (TPSA) is 40.9 Å². The van der Waals surface area contributed by atoms with Crippen LogP contribution < -0.4 is 0 Å². The SMILES string of the molecule is CCC(C#N)C(=O)C1CC1c1ccccc1. The highest BCUT2D eigenvalue weighted by Crippen LogP contribution is 2.49. The van der Waals surface area contributed by atoms with Gasteiger partial charge in [0.15, 0.2) is 5.78 Å². The molecular weight excluding hydrogens is 198 g/mol. The van der Waals surface area contributed by atoms with E-state index in [0.717, 1.165) is 6.42 Å². The average molecular weight is 213 g/mol. The Morgan fingerprint density at radius 3 is 2.75 bits per heavy atom. The van der Waals surface area contributed by atoms with Crippen LogP contribution in [-0.2, 0) is 4.79 Å². The molecule has 2 heteroatoms. The summed E-state index contributed by atoms with van der Waals surface area (Å²) in [5.74, 6) is 0.181. The van der Waals surface area contributed by atoms with Gasteiger partial charge in [-0.15, -0.1) is 0 Å². The van der Waals surface area contributed by atoms with E-state index in [0.29, 0.717) is 12.3 Å². The molecule has 1 aliphatic carbocycles. The third kappa shape index (κ3) is 1.99. The van der Waals surface area contributed by atoms with E-state index >= 15 is 0 Å². The summed E-state index contributed by atoms with van der Waals surface area (Å²) in [7, 11) is 0. The molecular formula is C14H15NO. The van der Waals surface area contributed by atoms with Crippen LogP contribution in [-0.4, -0.2) is 5.78 Å². The molecule has 2 nitrogen and oxygen atoms in total. The van der Waals surface area contributed by atoms with E-state index in [1.807, 2.05) is 25.1 Å². The Morgan fingerprint density at radius 2 is 2.19 bits per heavy atom. The summed E-state index contributed by atoms with van der Waals surface area (Å²) in [6, 6.07) is 12.2. The molecule has 1 aromatic rings. The summed E-state index contributed by atoms with van der Waals surface area (Å²) in [4.78, 5) is 11.9. The molecule has 2 rings (SSSR count). The van der Waals surface area contributed by atoms with Gasteiger partial charge in [0.1, 0.15) is 5.92 Å². The van der Waals surface area contributed by atoms with Crippen LogP contribution in [0.25, 0.3) is 0 Å². The van der Waals surface area contributed by atoms with Crippen LogP contribution in [0.2, 0.25) is 0 Å². The maximum absolute atomic E-state index is 11.9. The number of nitriles is 1. The molecule has 1 aromatic carbocycles. The number of hydrogen-bond acceptors (Lipinski definition) is 2. The maximum atomic E-state index is 11.9. The third-order valence-corrected chi connectivity index (χ3v) is 3.29. The summed E-state index contributed by atoms with van der Waals surface area (Å²) in [6.45, 7) is 1.89. The van der Waals surface area contributed by atoms with Crippen molar-refractivity contribution in [3.8, 4) is 6.07 Å². The highest BCUT2D eigenvalue weighted by Gasteiger charge is 2.45. The molecule has 3 unspecified atom stereocenters. The first-order valence-corrected chi connectivity index (χ1v) is 5.76. The minimum Gasteiger partial charge on any atom is -0.298 e. The standard InChI is InChI=1S/C14H15NO/c1-2-10(9-15)14(16)13-8-12(13)11-6-4-3-5-7-11/h3-7,10,12-13H,2,8H2,1H3. The van der Waals surface area contributed by atoms with Crippen molar-refractivity contribution in [3.05, 3.63) is 35.9 Å². The smallest absolute Gasteiger partial charge is 0.153 e. The van der Waals surface area contributed by atoms with Crippen molar-refractivity contribution in [2.75, 3.05) is 0 Å². The van der Waals surface area contributed by atoms with Crippen LogP contribution in [0.15, 0.2) is 30.3 Å². The monoisotopic (exact) mass is 213 g/mol. The molecule has 0 heterocycles. The molecule has 1 aliphatic rings. The second kappa shape index (κ2) is 4.49. The van der Waals surface area contributed by atoms with Crippen molar-refractivity contribution in [2.24, 2.45) is 11.8 Å². The Hall–Kier alpha value is -1.62. The van der Waals surface area contributed by atoms with Crippen LogP contribution >= 0.6 is 0 Å². The molecule has 1 fully saturated rings. The van der Waals surface area contributed by atoms with E-state index in [9.17, 15) is 4.79 Å². The lowest BCUT2D eigenvalue weighted by Crippen LogP contribution is -2.14. The number of nitrogens with zero attached hydrogens (tertiary/aromatic N) is 1. The van der Waals surface area contributed by atoms with Crippen LogP contribution in [0.1, 0.15) is 31.2 Å². The lowest BCUT2D eigenvalue weighted by Gasteiger charge is -2.04. The second-order valence-corrected chi connectivity index (χ2v) is 4.35. The summed E-state index contributed by atoms with van der Waals surface area (Å²) in [6.07, 6.45) is 1.55. The Kier molecular flexibility index (Phi) is 3.05. The van der Waals surface area contributed by atoms with E-state index < -0.39 is 5.92 Å². The van der Waals surface area contributed by atoms with Gasteiger partial charge in [-0.25, -0.2) is 0 Å². The van der Waals surface area contributed by atoms with Crippen LogP contribution in [0, 0.1) is 23.2 Å². The summed E-state index contributed by atoms with van der Waals surface area (Å²) < 4.78 is 0. The van der Waals surface area contributed by atoms with Crippen LogP contribution in [0.5, 0.6) is 0 Å². The number of hydrogen-bond donors (Lipinski definition) is 0. The number of Topliss-reactive ketones (excluding diaryl/α,β-unsaturated/α-hetero) is 1. The first-order chi connectivity index (χ1) is 7.77. The predicted octanol–water partition coefficient (Wildman–Crippen LogP) is 2.91. The molecule has 0 amide bonds. The maximum Gasteiger partial charge on any atom is 0.153 e. The van der Waals surface area contributed by atoms with E-state index in [1.54, 1.807) is 0 Å². The first kappa shape index (κ1) is 10.9. The average Bonchev–Trinajstić information content (AvgIpc) is 3.11. The predicted molar refractivity (Wildman–Crippen MR) is 61.7 cm³/mol. The molecule has 0 radical (unpaired) electrons. The normalized spacial score (nSPS) is 24.5. The molecule has 82 valence electrons. The Balaban J connectivity index is 2.02. The molecule has 0 saturated heterocycles. The van der Waals surface area contributed by atoms with Gasteiger partial charge in [-0.3, -0.25) is 4.79 Å². The van der Waals surface area contributed by atoms with Gasteiger partial charge in [-0.1, -0.05) is 37.3 Å². The van der Waals surface area contributed by atoms with Crippen LogP contribution in [0.3, 0.4) is 0 Å². The minimum atomic E-state index is -0.404. The van der Waals surface area contributed by atoms with Gasteiger partial charge >= 0.3 is 0 Å². The van der Waals surface area contributed by atoms with Crippen molar-refractivity contribution >= 4 is 5.78 Å². The summed E-state index contributed by atoms with van der Waals surface area (Å²) in [5, 5.41) is 8.86. The van der Waals surface area contributed by atoms with Gasteiger partial charge in [0.2, 0.25) is 0 Å². The van der Waals surface area contributed by atoms with E-state index in [2.05, 4.69) is 18.2 Å². The number of rotatable bonds is 4. The molecule has 3 atom stereocenters. The number of carbonyl (C=O) groups is 1. The fraction of sp³-hybridized carbons (Fsp3) is 0.429. The van der Waals surface area contributed by atoms with E-state index in [1.165, 1.54) is 5.56 Å². The van der Waals surface area contributed by atoms with Crippen molar-refractivity contribution in [1.29, 1.82) is 5.26 Å². The number of carbonyl (C=O) groups excluding carboxylic acids is 1. The second-order valence-electron chi connectivity index (χ2n) is 4.35. The van der Waals surface area contributed by atoms with Crippen molar-refractivity contribution in [2.45, 2.75) is 25.7 Å². The van der Waals surface area contributed by atoms with Gasteiger partial charge in [-0.05, 0) is 24.3 Å². The first-order valence-electron chi connectivity index (χ1n) is 5.76. The van der Waals surface area contributed by atoms with Crippen molar-refractivity contribution in [1.82, 2.24) is 0 Å². The third-order valence-electron chi connectivity index (χ3n) is 3.29. The van der Waals surface area contributed by atoms with Gasteiger partial charge in [0.05, 0.1) is 6.07 Å². The van der Waals surface area contributed by atoms with Gasteiger partial charge < -0.3 is 0 Å². The molecule has 0 N–H and O–H groups in total. The zero-order chi connectivity index (χ0) is 11.5. The molecule has 0 aliphatic heterocycles. The summed E-state index contributed by atoms with van der Waals surface area (Å²) in [5.41, 5.74) is 1.23. The number of ketones is 1. The highest BCUT2D eigenvalue weighted by atomic mass is 16.1. The van der Waals surface area contributed by atoms with Crippen LogP contribution in [0.4, 0.5) is 0 Å². The molecule has 0 bridgehead atoms. The highest BCUT2D eigenvalue weighted by molar-refractivity contribution is 5.89. The zero-order valence-corrected chi connectivity index (χ0v) is 9.39. The largest absolute Gasteiger partial charge is 0.298 e. The zero-order valence-electron chi connectivity index (χ0n) is 9.39. The van der Waals surface area contributed by atoms with E-state index in [-0.39, 0.29) is 11.7 Å². The number of benzene rings is 1. The fourth-order valence-electron chi connectivity index (χ4n) is 2.19. The Morgan fingerprint density at radius 1 is 1.50 bits per heavy atom. The summed E-state index contributed by atoms with van der Waals surface area (Å²) >= 11 is 0. The van der Waals surface area contributed by atoms with Gasteiger partial charge in [0, 0.05) is 5.92 Å². The molecule has 1 saturated carbocycles. The molecule has 0 aromatic heterocycles. The van der Waals surface area contributed by atoms with Gasteiger partial charge in [0.25, 0.3) is 0 Å². The van der Waals surface area contributed by atoms with E-state index in [4.69, 9.17) is 5.26 Å². The Bertz CT molecular complexity index is 418. The lowest BCUT2D eigenvalue weighted by atomic mass is 9.97. The Labute approximate surface area is 95.9 Å². The van der Waals surface area contributed by atoms with Crippen molar-refractivity contribution < 1.29 is 4.79 Å². The minimum absolute atomic E-state index is 0.0898.